The molecule has 0 heterocycles. The molecule has 0 radical (unpaired) electrons. The normalized spacial score (nSPS) is 11.6. The van der Waals surface area contributed by atoms with Crippen LogP contribution in [0.3, 0.4) is 0 Å². The molecule has 0 amide bonds. The van der Waals surface area contributed by atoms with E-state index in [1.54, 1.807) is 13.0 Å². The number of hydrogen-bond acceptors (Lipinski definition) is 4. The van der Waals surface area contributed by atoms with Gasteiger partial charge in [-0.05, 0) is 24.1 Å². The van der Waals surface area contributed by atoms with Gasteiger partial charge >= 0.3 is 0 Å². The first-order valence-electron chi connectivity index (χ1n) is 3.93. The molecule has 0 saturated carbocycles. The number of hydrogen-bond donors (Lipinski definition) is 3. The highest BCUT2D eigenvalue weighted by Gasteiger charge is 2.19. The van der Waals surface area contributed by atoms with E-state index in [9.17, 15) is 8.42 Å². The average Bonchev–Trinajstić information content (AvgIpc) is 2.06. The summed E-state index contributed by atoms with van der Waals surface area (Å²) >= 11 is 0. The average molecular weight is 216 g/mol. The van der Waals surface area contributed by atoms with Gasteiger partial charge in [0.05, 0.1) is 5.69 Å². The molecule has 0 aromatic heterocycles. The first-order valence-corrected chi connectivity index (χ1v) is 5.37. The van der Waals surface area contributed by atoms with Crippen molar-refractivity contribution >= 4 is 15.8 Å². The molecular weight excluding hydrogens is 204 g/mol. The smallest absolute Gasteiger partial charge is 0.296 e. The van der Waals surface area contributed by atoms with Crippen LogP contribution >= 0.6 is 0 Å². The Morgan fingerprint density at radius 2 is 2.00 bits per heavy atom. The molecule has 5 nitrogen and oxygen atoms in total. The van der Waals surface area contributed by atoms with Crippen LogP contribution < -0.4 is 11.5 Å². The Balaban J connectivity index is 3.63. The Morgan fingerprint density at radius 1 is 1.43 bits per heavy atom. The topological polar surface area (TPSA) is 106 Å². The molecule has 0 aliphatic carbocycles. The molecule has 0 unspecified atom stereocenters. The standard InChI is InChI=1S/C8H12N2O3S/c1-5-2-3-7(10)8(6(5)4-9)14(11,12)13/h2-3H,4,9-10H2,1H3,(H,11,12,13). The Kier molecular flexibility index (Phi) is 2.79. The van der Waals surface area contributed by atoms with Crippen molar-refractivity contribution in [3.8, 4) is 0 Å². The quantitative estimate of drug-likeness (QED) is 0.486. The van der Waals surface area contributed by atoms with E-state index in [1.165, 1.54) is 6.07 Å². The van der Waals surface area contributed by atoms with Crippen LogP contribution in [0.2, 0.25) is 0 Å². The molecule has 0 aliphatic rings. The lowest BCUT2D eigenvalue weighted by atomic mass is 10.1. The second kappa shape index (κ2) is 3.56. The Hall–Kier alpha value is -1.11. The van der Waals surface area contributed by atoms with Gasteiger partial charge in [0.2, 0.25) is 0 Å². The number of anilines is 1. The number of aryl methyl sites for hydroxylation is 1. The Morgan fingerprint density at radius 3 is 2.36 bits per heavy atom. The second-order valence-corrected chi connectivity index (χ2v) is 4.32. The third-order valence-electron chi connectivity index (χ3n) is 1.99. The van der Waals surface area contributed by atoms with Crippen molar-refractivity contribution in [3.05, 3.63) is 23.3 Å². The van der Waals surface area contributed by atoms with E-state index < -0.39 is 10.1 Å². The Bertz CT molecular complexity index is 454. The highest BCUT2D eigenvalue weighted by molar-refractivity contribution is 7.86. The first-order chi connectivity index (χ1) is 6.38. The zero-order chi connectivity index (χ0) is 10.9. The van der Waals surface area contributed by atoms with E-state index in [0.717, 1.165) is 0 Å². The van der Waals surface area contributed by atoms with Crippen molar-refractivity contribution in [2.75, 3.05) is 5.73 Å². The van der Waals surface area contributed by atoms with Gasteiger partial charge in [0.15, 0.2) is 0 Å². The highest BCUT2D eigenvalue weighted by Crippen LogP contribution is 2.25. The van der Waals surface area contributed by atoms with Crippen molar-refractivity contribution in [3.63, 3.8) is 0 Å². The zero-order valence-electron chi connectivity index (χ0n) is 7.69. The van der Waals surface area contributed by atoms with Gasteiger partial charge in [0, 0.05) is 6.54 Å². The molecule has 78 valence electrons. The summed E-state index contributed by atoms with van der Waals surface area (Å²) < 4.78 is 31.0. The summed E-state index contributed by atoms with van der Waals surface area (Å²) in [6.45, 7) is 1.72. The summed E-state index contributed by atoms with van der Waals surface area (Å²) in [4.78, 5) is -0.278. The minimum Gasteiger partial charge on any atom is -0.398 e. The molecule has 0 atom stereocenters. The molecule has 0 bridgehead atoms. The van der Waals surface area contributed by atoms with Crippen LogP contribution in [0, 0.1) is 6.92 Å². The number of benzene rings is 1. The molecule has 0 aliphatic heterocycles. The van der Waals surface area contributed by atoms with Crippen LogP contribution in [0.5, 0.6) is 0 Å². The van der Waals surface area contributed by atoms with Gasteiger partial charge in [-0.15, -0.1) is 0 Å². The summed E-state index contributed by atoms with van der Waals surface area (Å²) in [7, 11) is -4.30. The lowest BCUT2D eigenvalue weighted by Crippen LogP contribution is -2.11. The maximum atomic E-state index is 11.0. The van der Waals surface area contributed by atoms with E-state index in [4.69, 9.17) is 16.0 Å². The molecule has 1 rings (SSSR count). The zero-order valence-corrected chi connectivity index (χ0v) is 8.50. The predicted molar refractivity (Wildman–Crippen MR) is 53.3 cm³/mol. The van der Waals surface area contributed by atoms with Gasteiger partial charge in [0.25, 0.3) is 10.1 Å². The molecule has 0 spiro atoms. The van der Waals surface area contributed by atoms with Gasteiger partial charge in [-0.2, -0.15) is 8.42 Å². The van der Waals surface area contributed by atoms with E-state index in [-0.39, 0.29) is 17.1 Å². The lowest BCUT2D eigenvalue weighted by molar-refractivity contribution is 0.482. The van der Waals surface area contributed by atoms with Crippen LogP contribution in [0.15, 0.2) is 17.0 Å². The van der Waals surface area contributed by atoms with Crippen LogP contribution in [-0.2, 0) is 16.7 Å². The largest absolute Gasteiger partial charge is 0.398 e. The fourth-order valence-corrected chi connectivity index (χ4v) is 2.22. The first kappa shape index (κ1) is 11.0. The minimum atomic E-state index is -4.30. The van der Waals surface area contributed by atoms with Crippen LogP contribution in [-0.4, -0.2) is 13.0 Å². The van der Waals surface area contributed by atoms with Crippen molar-refractivity contribution in [1.82, 2.24) is 0 Å². The second-order valence-electron chi connectivity index (χ2n) is 2.96. The van der Waals surface area contributed by atoms with Gasteiger partial charge < -0.3 is 11.5 Å². The number of nitrogen functional groups attached to an aromatic ring is 1. The SMILES string of the molecule is Cc1ccc(N)c(S(=O)(=O)O)c1CN. The predicted octanol–water partition coefficient (Wildman–Crippen LogP) is 0.283. The fraction of sp³-hybridized carbons (Fsp3) is 0.250. The Labute approximate surface area is 82.5 Å². The van der Waals surface area contributed by atoms with Crippen molar-refractivity contribution in [1.29, 1.82) is 0 Å². The van der Waals surface area contributed by atoms with Crippen LogP contribution in [0.25, 0.3) is 0 Å². The lowest BCUT2D eigenvalue weighted by Gasteiger charge is -2.10. The molecule has 0 fully saturated rings. The van der Waals surface area contributed by atoms with Gasteiger partial charge in [-0.25, -0.2) is 0 Å². The molecule has 14 heavy (non-hydrogen) atoms. The van der Waals surface area contributed by atoms with Crippen LogP contribution in [0.4, 0.5) is 5.69 Å². The maximum absolute atomic E-state index is 11.0. The summed E-state index contributed by atoms with van der Waals surface area (Å²) in [5, 5.41) is 0. The van der Waals surface area contributed by atoms with Gasteiger partial charge in [-0.1, -0.05) is 6.07 Å². The third-order valence-corrected chi connectivity index (χ3v) is 2.99. The highest BCUT2D eigenvalue weighted by atomic mass is 32.2. The van der Waals surface area contributed by atoms with E-state index in [1.807, 2.05) is 0 Å². The summed E-state index contributed by atoms with van der Waals surface area (Å²) in [5.41, 5.74) is 11.9. The third kappa shape index (κ3) is 1.87. The number of rotatable bonds is 2. The van der Waals surface area contributed by atoms with E-state index in [0.29, 0.717) is 11.1 Å². The fourth-order valence-electron chi connectivity index (χ4n) is 1.30. The molecule has 1 aromatic rings. The maximum Gasteiger partial charge on any atom is 0.296 e. The van der Waals surface area contributed by atoms with Crippen molar-refractivity contribution in [2.45, 2.75) is 18.4 Å². The summed E-state index contributed by atoms with van der Waals surface area (Å²) in [6, 6.07) is 3.09. The van der Waals surface area contributed by atoms with Crippen molar-refractivity contribution in [2.24, 2.45) is 5.73 Å². The van der Waals surface area contributed by atoms with Gasteiger partial charge in [-0.3, -0.25) is 4.55 Å². The monoisotopic (exact) mass is 216 g/mol. The molecule has 6 heteroatoms. The van der Waals surface area contributed by atoms with E-state index in [2.05, 4.69) is 0 Å². The van der Waals surface area contributed by atoms with Crippen LogP contribution in [0.1, 0.15) is 11.1 Å². The summed E-state index contributed by atoms with van der Waals surface area (Å²) in [6.07, 6.45) is 0. The minimum absolute atomic E-state index is 0.0125. The molecule has 0 saturated heterocycles. The van der Waals surface area contributed by atoms with E-state index >= 15 is 0 Å². The van der Waals surface area contributed by atoms with Gasteiger partial charge in [0.1, 0.15) is 4.90 Å². The summed E-state index contributed by atoms with van der Waals surface area (Å²) in [5.74, 6) is 0. The number of nitrogens with two attached hydrogens (primary N) is 2. The molecular formula is C8H12N2O3S. The molecule has 1 aromatic carbocycles. The van der Waals surface area contributed by atoms with Crippen molar-refractivity contribution < 1.29 is 13.0 Å². The molecule has 5 N–H and O–H groups in total.